The van der Waals surface area contributed by atoms with E-state index in [4.69, 9.17) is 4.74 Å². The first-order valence-corrected chi connectivity index (χ1v) is 8.83. The summed E-state index contributed by atoms with van der Waals surface area (Å²) >= 11 is 0. The Hall–Kier alpha value is -3.75. The summed E-state index contributed by atoms with van der Waals surface area (Å²) in [5, 5.41) is 13.9. The first kappa shape index (κ1) is 20.0. The highest BCUT2D eigenvalue weighted by molar-refractivity contribution is 5.97. The van der Waals surface area contributed by atoms with Gasteiger partial charge < -0.3 is 14.8 Å². The van der Waals surface area contributed by atoms with E-state index in [1.807, 2.05) is 0 Å². The molecule has 29 heavy (non-hydrogen) atoms. The first-order chi connectivity index (χ1) is 13.9. The number of amides is 1. The summed E-state index contributed by atoms with van der Waals surface area (Å²) in [4.78, 5) is 47.5. The van der Waals surface area contributed by atoms with E-state index >= 15 is 0 Å². The number of nitro benzene ring substituents is 1. The van der Waals surface area contributed by atoms with E-state index < -0.39 is 34.6 Å². The molecule has 2 aromatic carbocycles. The Morgan fingerprint density at radius 3 is 2.24 bits per heavy atom. The summed E-state index contributed by atoms with van der Waals surface area (Å²) in [5.74, 6) is -2.29. The lowest BCUT2D eigenvalue weighted by Gasteiger charge is -2.18. The molecule has 0 radical (unpaired) electrons. The number of methoxy groups -OCH3 is 1. The van der Waals surface area contributed by atoms with Crippen LogP contribution in [0.3, 0.4) is 0 Å². The number of carbonyl (C=O) groups is 3. The number of ether oxygens (including phenoxy) is 2. The highest BCUT2D eigenvalue weighted by atomic mass is 16.6. The molecule has 0 saturated heterocycles. The molecular weight excluding hydrogens is 380 g/mol. The van der Waals surface area contributed by atoms with Crippen molar-refractivity contribution in [3.05, 3.63) is 75.3 Å². The number of nitrogens with one attached hydrogen (secondary N) is 1. The Balaban J connectivity index is 1.90. The summed E-state index contributed by atoms with van der Waals surface area (Å²) in [6.45, 7) is 0. The fraction of sp³-hybridized carbons (Fsp3) is 0.250. The molecule has 1 atom stereocenters. The molecule has 1 aliphatic carbocycles. The molecule has 1 saturated carbocycles. The highest BCUT2D eigenvalue weighted by Crippen LogP contribution is 2.25. The van der Waals surface area contributed by atoms with Gasteiger partial charge in [-0.1, -0.05) is 30.3 Å². The number of hydrogen-bond acceptors (Lipinski definition) is 7. The van der Waals surface area contributed by atoms with E-state index in [9.17, 15) is 24.5 Å². The topological polar surface area (TPSA) is 125 Å². The molecule has 1 N–H and O–H groups in total. The van der Waals surface area contributed by atoms with Crippen molar-refractivity contribution in [1.82, 2.24) is 5.32 Å². The van der Waals surface area contributed by atoms with Gasteiger partial charge in [0.15, 0.2) is 0 Å². The van der Waals surface area contributed by atoms with E-state index in [1.165, 1.54) is 0 Å². The fourth-order valence-corrected chi connectivity index (χ4v) is 2.65. The molecule has 3 rings (SSSR count). The van der Waals surface area contributed by atoms with E-state index in [1.54, 1.807) is 30.3 Å². The van der Waals surface area contributed by atoms with Crippen LogP contribution in [0.2, 0.25) is 0 Å². The van der Waals surface area contributed by atoms with E-state index in [0.29, 0.717) is 5.56 Å². The fourth-order valence-electron chi connectivity index (χ4n) is 2.65. The lowest BCUT2D eigenvalue weighted by atomic mass is 10.1. The third-order valence-electron chi connectivity index (χ3n) is 4.27. The molecule has 9 nitrogen and oxygen atoms in total. The lowest BCUT2D eigenvalue weighted by molar-refractivity contribution is -0.384. The van der Waals surface area contributed by atoms with Crippen molar-refractivity contribution in [1.29, 1.82) is 0 Å². The highest BCUT2D eigenvalue weighted by Gasteiger charge is 2.31. The molecule has 0 heterocycles. The van der Waals surface area contributed by atoms with Crippen LogP contribution in [0.1, 0.15) is 45.2 Å². The summed E-state index contributed by atoms with van der Waals surface area (Å²) in [6, 6.07) is 11.6. The minimum absolute atomic E-state index is 0.0520. The van der Waals surface area contributed by atoms with Crippen LogP contribution in [0, 0.1) is 10.1 Å². The van der Waals surface area contributed by atoms with E-state index in [0.717, 1.165) is 38.2 Å². The number of benzene rings is 2. The zero-order valence-corrected chi connectivity index (χ0v) is 15.5. The zero-order chi connectivity index (χ0) is 21.0. The van der Waals surface area contributed by atoms with Crippen molar-refractivity contribution >= 4 is 23.5 Å². The molecule has 0 unspecified atom stereocenters. The second-order valence-corrected chi connectivity index (χ2v) is 6.50. The van der Waals surface area contributed by atoms with Crippen molar-refractivity contribution < 1.29 is 28.8 Å². The molecule has 150 valence electrons. The molecule has 0 spiro atoms. The average molecular weight is 398 g/mol. The Labute approximate surface area is 165 Å². The van der Waals surface area contributed by atoms with Gasteiger partial charge in [0.05, 0.1) is 23.2 Å². The van der Waals surface area contributed by atoms with Gasteiger partial charge in [-0.05, 0) is 18.9 Å². The summed E-state index contributed by atoms with van der Waals surface area (Å²) in [5.41, 5.74) is -0.428. The first-order valence-electron chi connectivity index (χ1n) is 8.83. The van der Waals surface area contributed by atoms with Crippen molar-refractivity contribution in [2.24, 2.45) is 0 Å². The number of hydrogen-bond donors (Lipinski definition) is 1. The Bertz CT molecular complexity index is 955. The maximum absolute atomic E-state index is 12.7. The predicted molar refractivity (Wildman–Crippen MR) is 100 cm³/mol. The summed E-state index contributed by atoms with van der Waals surface area (Å²) < 4.78 is 9.96. The number of non-ortho nitro benzene ring substituents is 1. The smallest absolute Gasteiger partial charge is 0.339 e. The third-order valence-corrected chi connectivity index (χ3v) is 4.27. The van der Waals surface area contributed by atoms with Gasteiger partial charge in [-0.15, -0.1) is 0 Å². The van der Waals surface area contributed by atoms with Gasteiger partial charge >= 0.3 is 11.9 Å². The van der Waals surface area contributed by atoms with Crippen LogP contribution in [0.5, 0.6) is 0 Å². The Kier molecular flexibility index (Phi) is 5.87. The maximum Gasteiger partial charge on any atom is 0.339 e. The quantitative estimate of drug-likeness (QED) is 0.432. The van der Waals surface area contributed by atoms with Crippen molar-refractivity contribution in [3.8, 4) is 0 Å². The van der Waals surface area contributed by atoms with Gasteiger partial charge in [-0.2, -0.15) is 0 Å². The maximum atomic E-state index is 12.7. The minimum Gasteiger partial charge on any atom is -0.465 e. The van der Waals surface area contributed by atoms with Crippen molar-refractivity contribution in [2.75, 3.05) is 7.11 Å². The van der Waals surface area contributed by atoms with Crippen LogP contribution in [0.15, 0.2) is 48.5 Å². The SMILES string of the molecule is COC(=O)c1cc(C(=O)O[C@H](C(=O)NC2CC2)c2ccccc2)cc([N+](=O)[O-])c1. The van der Waals surface area contributed by atoms with Gasteiger partial charge in [0.1, 0.15) is 0 Å². The van der Waals surface area contributed by atoms with Crippen LogP contribution < -0.4 is 5.32 Å². The molecule has 2 aromatic rings. The zero-order valence-electron chi connectivity index (χ0n) is 15.5. The minimum atomic E-state index is -1.23. The normalized spacial score (nSPS) is 13.8. The standard InChI is InChI=1S/C20H18N2O7/c1-28-19(24)13-9-14(11-16(10-13)22(26)27)20(25)29-17(12-5-3-2-4-6-12)18(23)21-15-7-8-15/h2-6,9-11,15,17H,7-8H2,1H3,(H,21,23)/t17-/m0/s1. The number of rotatable bonds is 7. The second-order valence-electron chi connectivity index (χ2n) is 6.50. The number of nitrogens with zero attached hydrogens (tertiary/aromatic N) is 1. The molecule has 1 amide bonds. The van der Waals surface area contributed by atoms with Crippen LogP contribution in [-0.2, 0) is 14.3 Å². The van der Waals surface area contributed by atoms with E-state index in [-0.39, 0.29) is 17.2 Å². The molecular formula is C20H18N2O7. The molecule has 0 aliphatic heterocycles. The van der Waals surface area contributed by atoms with E-state index in [2.05, 4.69) is 10.1 Å². The summed E-state index contributed by atoms with van der Waals surface area (Å²) in [6.07, 6.45) is 0.480. The molecule has 9 heteroatoms. The van der Waals surface area contributed by atoms with Crippen LogP contribution in [-0.4, -0.2) is 35.9 Å². The van der Waals surface area contributed by atoms with Gasteiger partial charge in [0.2, 0.25) is 6.10 Å². The number of carbonyl (C=O) groups excluding carboxylic acids is 3. The van der Waals surface area contributed by atoms with Crippen molar-refractivity contribution in [2.45, 2.75) is 25.0 Å². The average Bonchev–Trinajstić information content (AvgIpc) is 3.55. The Morgan fingerprint density at radius 2 is 1.69 bits per heavy atom. The predicted octanol–water partition coefficient (Wildman–Crippen LogP) is 2.56. The van der Waals surface area contributed by atoms with Crippen LogP contribution >= 0.6 is 0 Å². The van der Waals surface area contributed by atoms with Gasteiger partial charge in [0.25, 0.3) is 11.6 Å². The van der Waals surface area contributed by atoms with Gasteiger partial charge in [-0.25, -0.2) is 9.59 Å². The largest absolute Gasteiger partial charge is 0.465 e. The van der Waals surface area contributed by atoms with Crippen LogP contribution in [0.25, 0.3) is 0 Å². The molecule has 0 aromatic heterocycles. The third kappa shape index (κ3) is 4.95. The summed E-state index contributed by atoms with van der Waals surface area (Å²) in [7, 11) is 1.12. The van der Waals surface area contributed by atoms with Crippen LogP contribution in [0.4, 0.5) is 5.69 Å². The van der Waals surface area contributed by atoms with Gasteiger partial charge in [-0.3, -0.25) is 14.9 Å². The van der Waals surface area contributed by atoms with Gasteiger partial charge in [0, 0.05) is 23.7 Å². The monoisotopic (exact) mass is 398 g/mol. The lowest BCUT2D eigenvalue weighted by Crippen LogP contribution is -2.33. The Morgan fingerprint density at radius 1 is 1.07 bits per heavy atom. The van der Waals surface area contributed by atoms with Crippen molar-refractivity contribution in [3.63, 3.8) is 0 Å². The number of nitro groups is 1. The molecule has 0 bridgehead atoms. The second kappa shape index (κ2) is 8.51. The molecule has 1 aliphatic rings. The number of esters is 2. The molecule has 1 fully saturated rings.